The standard InChI is InChI=1S/C32H50BN3O8.C17H31BN2O4.C15H21NO5/c1-28(2,3)42-27(39)35-24(20-41-19-23-13-10-9-11-14-23)25(37)36-21-31(16-18-34-32(31,22-36)26(38)40-8)15-12-17-33-43-29(4,5)30(6,7)44-33;1-14(2)15(3,4)24-18(23-14)9-6-7-16-8-10-20-17(16,12-19-11-16)13(21)22-5;1-15(2,3)21-14(19)16-12(13(17)18)10-20-9-11-7-5-4-6-8-11/h9-11,13-14,24,34H,12,15-22H2,1-8H3,(H,35,39);19-20H,6-12H2,1-5H3;4-8,12H,9-10H2,1-3H3,(H,16,19)(H,17,18)/t24-,31+,32+;16-,17-;12-/m010/s1. The van der Waals surface area contributed by atoms with Crippen molar-refractivity contribution < 1.29 is 80.9 Å². The summed E-state index contributed by atoms with van der Waals surface area (Å²) in [4.78, 5) is 77.1. The van der Waals surface area contributed by atoms with Crippen molar-refractivity contribution in [1.29, 1.82) is 0 Å². The van der Waals surface area contributed by atoms with Gasteiger partial charge in [-0.25, -0.2) is 24.0 Å². The number of carbonyl (C=O) groups is 6. The molecule has 23 nitrogen and oxygen atoms in total. The molecule has 6 heterocycles. The molecule has 0 spiro atoms. The van der Waals surface area contributed by atoms with E-state index in [2.05, 4.69) is 54.3 Å². The highest BCUT2D eigenvalue weighted by Gasteiger charge is 2.67. The average Bonchev–Trinajstić information content (AvgIpc) is 1.63. The highest BCUT2D eigenvalue weighted by atomic mass is 16.7. The SMILES string of the molecule is CC(C)(C)OC(=O)N[C@@H](COCc1ccccc1)C(=O)O.COC(=O)[C@]12CN(C(=O)[C@H](COCc3ccccc3)NC(=O)OC(C)(C)C)C[C@@]1(CCCB1OC(C)(C)C(C)(C)O1)CCN2.COC(=O)[C@]12CNC[C@@]1(CCCB1OC(C)(C)C(C)(C)O1)CCN2. The van der Waals surface area contributed by atoms with E-state index < -0.39 is 75.1 Å². The molecule has 2 aromatic rings. The van der Waals surface area contributed by atoms with Crippen molar-refractivity contribution in [3.63, 3.8) is 0 Å². The Labute approximate surface area is 528 Å². The number of alkyl carbamates (subject to hydrolysis) is 2. The number of hydrogen-bond acceptors (Lipinski definition) is 19. The summed E-state index contributed by atoms with van der Waals surface area (Å²) in [7, 11) is 2.34. The van der Waals surface area contributed by atoms with Crippen LogP contribution >= 0.6 is 0 Å². The van der Waals surface area contributed by atoms with Gasteiger partial charge < -0.3 is 78.3 Å². The lowest BCUT2D eigenvalue weighted by molar-refractivity contribution is -0.152. The minimum absolute atomic E-state index is 0.0585. The van der Waals surface area contributed by atoms with Gasteiger partial charge in [0.2, 0.25) is 5.91 Å². The molecule has 6 aliphatic heterocycles. The van der Waals surface area contributed by atoms with Gasteiger partial charge in [0, 0.05) is 30.5 Å². The zero-order valence-corrected chi connectivity index (χ0v) is 55.7. The maximum atomic E-state index is 14.1. The summed E-state index contributed by atoms with van der Waals surface area (Å²) in [6.07, 6.45) is 5.06. The second kappa shape index (κ2) is 29.5. The van der Waals surface area contributed by atoms with Gasteiger partial charge in [-0.15, -0.1) is 0 Å². The Balaban J connectivity index is 0.000000235. The first-order valence-electron chi connectivity index (χ1n) is 31.3. The minimum Gasteiger partial charge on any atom is -0.480 e. The van der Waals surface area contributed by atoms with Crippen LogP contribution in [0.15, 0.2) is 60.7 Å². The van der Waals surface area contributed by atoms with E-state index in [0.29, 0.717) is 38.8 Å². The fraction of sp³-hybridized carbons (Fsp3) is 0.719. The number of nitrogens with zero attached hydrogens (tertiary/aromatic N) is 1. The summed E-state index contributed by atoms with van der Waals surface area (Å²) in [5.41, 5.74) is -3.21. The molecule has 3 amide bonds. The molecule has 89 heavy (non-hydrogen) atoms. The summed E-state index contributed by atoms with van der Waals surface area (Å²) >= 11 is 0. The molecule has 2 aromatic carbocycles. The maximum absolute atomic E-state index is 14.1. The number of carboxylic acid groups (broad SMARTS) is 1. The van der Waals surface area contributed by atoms with Crippen molar-refractivity contribution in [3.05, 3.63) is 71.8 Å². The Hall–Kier alpha value is -5.37. The van der Waals surface area contributed by atoms with Crippen LogP contribution in [0.1, 0.15) is 147 Å². The maximum Gasteiger partial charge on any atom is 0.457 e. The lowest BCUT2D eigenvalue weighted by atomic mass is 9.67. The molecule has 6 N–H and O–H groups in total. The van der Waals surface area contributed by atoms with Gasteiger partial charge in [0.05, 0.1) is 69.6 Å². The zero-order valence-electron chi connectivity index (χ0n) is 55.7. The van der Waals surface area contributed by atoms with Crippen molar-refractivity contribution in [3.8, 4) is 0 Å². The highest BCUT2D eigenvalue weighted by molar-refractivity contribution is 6.45. The van der Waals surface area contributed by atoms with Crippen molar-refractivity contribution in [2.75, 3.05) is 66.7 Å². The third kappa shape index (κ3) is 18.0. The van der Waals surface area contributed by atoms with Gasteiger partial charge >= 0.3 is 44.3 Å². The predicted molar refractivity (Wildman–Crippen MR) is 335 cm³/mol. The van der Waals surface area contributed by atoms with Gasteiger partial charge in [0.15, 0.2) is 6.04 Å². The molecule has 0 aliphatic carbocycles. The Morgan fingerprint density at radius 1 is 0.584 bits per heavy atom. The summed E-state index contributed by atoms with van der Waals surface area (Å²) in [5.74, 6) is -2.04. The van der Waals surface area contributed by atoms with Crippen LogP contribution in [0.5, 0.6) is 0 Å². The normalized spacial score (nSPS) is 25.9. The minimum atomic E-state index is -1.17. The van der Waals surface area contributed by atoms with Crippen molar-refractivity contribution in [2.45, 2.75) is 218 Å². The van der Waals surface area contributed by atoms with Crippen LogP contribution in [-0.4, -0.2) is 184 Å². The number of ether oxygens (including phenoxy) is 6. The molecule has 6 atom stereocenters. The van der Waals surface area contributed by atoms with Crippen LogP contribution < -0.4 is 26.6 Å². The van der Waals surface area contributed by atoms with Gasteiger partial charge in [-0.2, -0.15) is 0 Å². The number of amides is 3. The zero-order chi connectivity index (χ0) is 65.9. The Morgan fingerprint density at radius 2 is 0.989 bits per heavy atom. The monoisotopic (exact) mass is 1250 g/mol. The molecule has 25 heteroatoms. The molecular weight excluding hydrogens is 1150 g/mol. The van der Waals surface area contributed by atoms with Gasteiger partial charge in [-0.1, -0.05) is 73.5 Å². The largest absolute Gasteiger partial charge is 0.480 e. The Kier molecular flexibility index (Phi) is 24.1. The van der Waals surface area contributed by atoms with Crippen molar-refractivity contribution in [2.24, 2.45) is 10.8 Å². The Bertz CT molecular complexity index is 2670. The van der Waals surface area contributed by atoms with Crippen LogP contribution in [-0.2, 0) is 79.4 Å². The van der Waals surface area contributed by atoms with E-state index in [9.17, 15) is 28.8 Å². The number of esters is 2. The number of nitrogens with one attached hydrogen (secondary N) is 5. The third-order valence-corrected chi connectivity index (χ3v) is 18.6. The van der Waals surface area contributed by atoms with Gasteiger partial charge in [-0.05, 0) is 159 Å². The lowest BCUT2D eigenvalue weighted by Gasteiger charge is -2.37. The molecule has 6 saturated heterocycles. The molecule has 8 rings (SSSR count). The number of benzene rings is 2. The van der Waals surface area contributed by atoms with Crippen LogP contribution in [0.2, 0.25) is 12.6 Å². The number of methoxy groups -OCH3 is 2. The summed E-state index contributed by atoms with van der Waals surface area (Å²) in [6.45, 7) is 30.6. The van der Waals surface area contributed by atoms with E-state index in [-0.39, 0.29) is 75.7 Å². The van der Waals surface area contributed by atoms with E-state index in [4.69, 9.17) is 52.1 Å². The smallest absolute Gasteiger partial charge is 0.457 e. The van der Waals surface area contributed by atoms with Gasteiger partial charge in [-0.3, -0.25) is 10.1 Å². The fourth-order valence-electron chi connectivity index (χ4n) is 12.6. The second-order valence-electron chi connectivity index (χ2n) is 28.4. The van der Waals surface area contributed by atoms with Gasteiger partial charge in [0.1, 0.15) is 28.3 Å². The molecule has 0 unspecified atom stereocenters. The number of fused-ring (bicyclic) bond motifs is 2. The quantitative estimate of drug-likeness (QED) is 0.0385. The average molecular weight is 1250 g/mol. The van der Waals surface area contributed by atoms with Gasteiger partial charge in [0.25, 0.3) is 0 Å². The van der Waals surface area contributed by atoms with Crippen LogP contribution in [0.3, 0.4) is 0 Å². The molecule has 0 radical (unpaired) electrons. The van der Waals surface area contributed by atoms with Crippen LogP contribution in [0.4, 0.5) is 9.59 Å². The summed E-state index contributed by atoms with van der Waals surface area (Å²) < 4.78 is 56.7. The molecule has 0 aromatic heterocycles. The van der Waals surface area contributed by atoms with Crippen molar-refractivity contribution >= 4 is 50.2 Å². The topological polar surface area (TPSA) is 278 Å². The summed E-state index contributed by atoms with van der Waals surface area (Å²) in [5, 5.41) is 24.3. The second-order valence-corrected chi connectivity index (χ2v) is 28.4. The number of hydrogen-bond donors (Lipinski definition) is 6. The fourth-order valence-corrected chi connectivity index (χ4v) is 12.6. The molecular formula is C64H102B2N6O17. The first kappa shape index (κ1) is 72.7. The first-order valence-corrected chi connectivity index (χ1v) is 31.3. The Morgan fingerprint density at radius 3 is 1.43 bits per heavy atom. The van der Waals surface area contributed by atoms with Crippen LogP contribution in [0, 0.1) is 10.8 Å². The number of likely N-dealkylation sites (tertiary alicyclic amines) is 1. The van der Waals surface area contributed by atoms with E-state index in [1.807, 2.05) is 88.4 Å². The number of carboxylic acids is 1. The molecule has 0 saturated carbocycles. The summed E-state index contributed by atoms with van der Waals surface area (Å²) in [6, 6.07) is 16.8. The third-order valence-electron chi connectivity index (χ3n) is 18.6. The van der Waals surface area contributed by atoms with E-state index in [1.54, 1.807) is 46.4 Å². The molecule has 6 fully saturated rings. The van der Waals surface area contributed by atoms with Crippen molar-refractivity contribution in [1.82, 2.24) is 31.5 Å². The van der Waals surface area contributed by atoms with E-state index >= 15 is 0 Å². The van der Waals surface area contributed by atoms with E-state index in [0.717, 1.165) is 56.2 Å². The highest BCUT2D eigenvalue weighted by Crippen LogP contribution is 2.52. The van der Waals surface area contributed by atoms with Crippen LogP contribution in [0.25, 0.3) is 0 Å². The predicted octanol–water partition coefficient (Wildman–Crippen LogP) is 7.24. The number of aliphatic carboxylic acids is 1. The number of carbonyl (C=O) groups excluding carboxylic acids is 5. The first-order chi connectivity index (χ1) is 41.5. The lowest BCUT2D eigenvalue weighted by Crippen LogP contribution is -2.59. The molecule has 496 valence electrons. The molecule has 0 bridgehead atoms. The number of rotatable bonds is 22. The van der Waals surface area contributed by atoms with E-state index in [1.165, 1.54) is 14.2 Å². The molecule has 6 aliphatic rings.